The van der Waals surface area contributed by atoms with Crippen LogP contribution in [0.15, 0.2) is 17.5 Å². The van der Waals surface area contributed by atoms with Crippen molar-refractivity contribution in [2.24, 2.45) is 0 Å². The molecule has 1 heterocycles. The van der Waals surface area contributed by atoms with Gasteiger partial charge in [0.25, 0.3) is 0 Å². The molecule has 2 aromatic rings. The first-order valence-electron chi connectivity index (χ1n) is 3.24. The van der Waals surface area contributed by atoms with Gasteiger partial charge in [-0.15, -0.1) is 11.3 Å². The third-order valence-electron chi connectivity index (χ3n) is 1.61. The van der Waals surface area contributed by atoms with E-state index in [0.717, 1.165) is 11.3 Å². The highest BCUT2D eigenvalue weighted by molar-refractivity contribution is 7.17. The number of phenols is 1. The molecule has 2 rings (SSSR count). The average molecular weight is 203 g/mol. The molecular weight excluding hydrogens is 199 g/mol. The van der Waals surface area contributed by atoms with Gasteiger partial charge in [-0.25, -0.2) is 4.39 Å². The molecule has 12 heavy (non-hydrogen) atoms. The zero-order chi connectivity index (χ0) is 8.72. The van der Waals surface area contributed by atoms with Crippen molar-refractivity contribution in [2.45, 2.75) is 0 Å². The van der Waals surface area contributed by atoms with Crippen LogP contribution in [-0.2, 0) is 0 Å². The minimum atomic E-state index is -0.379. The smallest absolute Gasteiger partial charge is 0.143 e. The standard InChI is InChI=1S/C8H4ClFOS/c9-4-1-2-6(11)8-7(4)5(10)3-12-8/h1-3,11H. The van der Waals surface area contributed by atoms with E-state index < -0.39 is 0 Å². The summed E-state index contributed by atoms with van der Waals surface area (Å²) in [6, 6.07) is 2.94. The van der Waals surface area contributed by atoms with E-state index in [9.17, 15) is 9.50 Å². The van der Waals surface area contributed by atoms with Crippen molar-refractivity contribution in [3.63, 3.8) is 0 Å². The van der Waals surface area contributed by atoms with Gasteiger partial charge in [0.1, 0.15) is 11.6 Å². The Morgan fingerprint density at radius 3 is 2.83 bits per heavy atom. The Morgan fingerprint density at radius 2 is 2.17 bits per heavy atom. The van der Waals surface area contributed by atoms with Gasteiger partial charge in [-0.3, -0.25) is 0 Å². The minimum Gasteiger partial charge on any atom is -0.506 e. The van der Waals surface area contributed by atoms with Crippen LogP contribution in [0.2, 0.25) is 5.02 Å². The van der Waals surface area contributed by atoms with E-state index in [1.54, 1.807) is 0 Å². The molecule has 4 heteroatoms. The van der Waals surface area contributed by atoms with Crippen molar-refractivity contribution in [2.75, 3.05) is 0 Å². The van der Waals surface area contributed by atoms with Gasteiger partial charge in [0, 0.05) is 5.38 Å². The molecule has 0 atom stereocenters. The fraction of sp³-hybridized carbons (Fsp3) is 0. The predicted molar refractivity (Wildman–Crippen MR) is 48.5 cm³/mol. The highest BCUT2D eigenvalue weighted by Gasteiger charge is 2.10. The lowest BCUT2D eigenvalue weighted by molar-refractivity contribution is 0.482. The number of rotatable bonds is 0. The quantitative estimate of drug-likeness (QED) is 0.694. The van der Waals surface area contributed by atoms with Crippen molar-refractivity contribution >= 4 is 33.0 Å². The molecule has 1 aromatic carbocycles. The molecule has 0 saturated carbocycles. The number of hydrogen-bond donors (Lipinski definition) is 1. The number of fused-ring (bicyclic) bond motifs is 1. The Balaban J connectivity index is 2.98. The lowest BCUT2D eigenvalue weighted by Gasteiger charge is -1.95. The van der Waals surface area contributed by atoms with Gasteiger partial charge in [0.05, 0.1) is 15.1 Å². The Morgan fingerprint density at radius 1 is 1.42 bits per heavy atom. The fourth-order valence-electron chi connectivity index (χ4n) is 1.06. The van der Waals surface area contributed by atoms with Gasteiger partial charge < -0.3 is 5.11 Å². The second-order valence-electron chi connectivity index (χ2n) is 2.35. The molecule has 1 N–H and O–H groups in total. The van der Waals surface area contributed by atoms with Gasteiger partial charge in [-0.1, -0.05) is 11.6 Å². The van der Waals surface area contributed by atoms with Crippen LogP contribution in [0.4, 0.5) is 4.39 Å². The first kappa shape index (κ1) is 7.83. The molecule has 0 aliphatic carbocycles. The Bertz CT molecular complexity index is 438. The maximum Gasteiger partial charge on any atom is 0.143 e. The second-order valence-corrected chi connectivity index (χ2v) is 3.64. The van der Waals surface area contributed by atoms with Crippen LogP contribution in [0, 0.1) is 5.82 Å². The van der Waals surface area contributed by atoms with Crippen LogP contribution >= 0.6 is 22.9 Å². The molecule has 0 fully saturated rings. The molecule has 0 radical (unpaired) electrons. The number of halogens is 2. The van der Waals surface area contributed by atoms with Gasteiger partial charge in [0.2, 0.25) is 0 Å². The van der Waals surface area contributed by atoms with Crippen LogP contribution in [0.5, 0.6) is 5.75 Å². The average Bonchev–Trinajstić information content (AvgIpc) is 2.42. The normalized spacial score (nSPS) is 10.8. The van der Waals surface area contributed by atoms with Crippen LogP contribution in [0.1, 0.15) is 0 Å². The van der Waals surface area contributed by atoms with Crippen molar-refractivity contribution in [1.29, 1.82) is 0 Å². The van der Waals surface area contributed by atoms with Crippen molar-refractivity contribution in [1.82, 2.24) is 0 Å². The van der Waals surface area contributed by atoms with E-state index in [2.05, 4.69) is 0 Å². The summed E-state index contributed by atoms with van der Waals surface area (Å²) in [5.41, 5.74) is 0. The summed E-state index contributed by atoms with van der Waals surface area (Å²) in [6.07, 6.45) is 0. The summed E-state index contributed by atoms with van der Waals surface area (Å²) in [6.45, 7) is 0. The lowest BCUT2D eigenvalue weighted by Crippen LogP contribution is -1.71. The minimum absolute atomic E-state index is 0.0725. The van der Waals surface area contributed by atoms with E-state index in [1.807, 2.05) is 0 Å². The lowest BCUT2D eigenvalue weighted by atomic mass is 10.2. The third kappa shape index (κ3) is 0.974. The molecule has 1 nitrogen and oxygen atoms in total. The zero-order valence-corrected chi connectivity index (χ0v) is 7.42. The summed E-state index contributed by atoms with van der Waals surface area (Å²) in [4.78, 5) is 0. The van der Waals surface area contributed by atoms with Gasteiger partial charge in [-0.2, -0.15) is 0 Å². The first-order chi connectivity index (χ1) is 5.70. The second kappa shape index (κ2) is 2.61. The number of thiophene rings is 1. The summed E-state index contributed by atoms with van der Waals surface area (Å²) >= 11 is 6.88. The number of hydrogen-bond acceptors (Lipinski definition) is 2. The van der Waals surface area contributed by atoms with Crippen LogP contribution in [-0.4, -0.2) is 5.11 Å². The highest BCUT2D eigenvalue weighted by atomic mass is 35.5. The number of phenolic OH excluding ortho intramolecular Hbond substituents is 1. The highest BCUT2D eigenvalue weighted by Crippen LogP contribution is 2.36. The summed E-state index contributed by atoms with van der Waals surface area (Å²) in [5, 5.41) is 11.3. The molecular formula is C8H4ClFOS. The first-order valence-corrected chi connectivity index (χ1v) is 4.50. The van der Waals surface area contributed by atoms with E-state index in [0.29, 0.717) is 15.1 Å². The van der Waals surface area contributed by atoms with E-state index >= 15 is 0 Å². The molecule has 0 bridgehead atoms. The Hall–Kier alpha value is -0.800. The van der Waals surface area contributed by atoms with Crippen molar-refractivity contribution in [3.05, 3.63) is 28.4 Å². The SMILES string of the molecule is Oc1ccc(Cl)c2c(F)csc12. The maximum atomic E-state index is 13.0. The van der Waals surface area contributed by atoms with Gasteiger partial charge in [-0.05, 0) is 12.1 Å². The summed E-state index contributed by atoms with van der Waals surface area (Å²) in [7, 11) is 0. The monoisotopic (exact) mass is 202 g/mol. The molecule has 0 unspecified atom stereocenters. The van der Waals surface area contributed by atoms with Crippen LogP contribution in [0.25, 0.3) is 10.1 Å². The van der Waals surface area contributed by atoms with Crippen LogP contribution in [0.3, 0.4) is 0 Å². The molecule has 0 spiro atoms. The molecule has 0 amide bonds. The summed E-state index contributed by atoms with van der Waals surface area (Å²) < 4.78 is 13.5. The molecule has 62 valence electrons. The molecule has 0 aliphatic rings. The molecule has 0 saturated heterocycles. The number of benzene rings is 1. The predicted octanol–water partition coefficient (Wildman–Crippen LogP) is 3.40. The van der Waals surface area contributed by atoms with Crippen LogP contribution < -0.4 is 0 Å². The maximum absolute atomic E-state index is 13.0. The number of aromatic hydroxyl groups is 1. The molecule has 0 aliphatic heterocycles. The zero-order valence-electron chi connectivity index (χ0n) is 5.84. The molecule has 1 aromatic heterocycles. The third-order valence-corrected chi connectivity index (χ3v) is 2.89. The largest absolute Gasteiger partial charge is 0.506 e. The van der Waals surface area contributed by atoms with E-state index in [4.69, 9.17) is 11.6 Å². The van der Waals surface area contributed by atoms with Crippen molar-refractivity contribution < 1.29 is 9.50 Å². The van der Waals surface area contributed by atoms with Gasteiger partial charge >= 0.3 is 0 Å². The van der Waals surface area contributed by atoms with E-state index in [1.165, 1.54) is 17.5 Å². The van der Waals surface area contributed by atoms with Gasteiger partial charge in [0.15, 0.2) is 0 Å². The topological polar surface area (TPSA) is 20.2 Å². The Kier molecular flexibility index (Phi) is 1.70. The fourth-order valence-corrected chi connectivity index (χ4v) is 2.22. The summed E-state index contributed by atoms with van der Waals surface area (Å²) in [5.74, 6) is -0.306. The van der Waals surface area contributed by atoms with E-state index in [-0.39, 0.29) is 11.6 Å². The Labute approximate surface area is 77.0 Å². The van der Waals surface area contributed by atoms with Crippen molar-refractivity contribution in [3.8, 4) is 5.75 Å².